The van der Waals surface area contributed by atoms with E-state index in [2.05, 4.69) is 5.32 Å². The van der Waals surface area contributed by atoms with Crippen LogP contribution in [0.4, 0.5) is 18.0 Å². The first-order chi connectivity index (χ1) is 16.6. The minimum Gasteiger partial charge on any atom is -0.481 e. The van der Waals surface area contributed by atoms with E-state index in [4.69, 9.17) is 14.6 Å². The van der Waals surface area contributed by atoms with E-state index < -0.39 is 49.1 Å². The van der Waals surface area contributed by atoms with Gasteiger partial charge < -0.3 is 25.2 Å². The molecule has 188 valence electrons. The van der Waals surface area contributed by atoms with E-state index in [1.165, 1.54) is 7.11 Å². The number of amides is 2. The van der Waals surface area contributed by atoms with Gasteiger partial charge in [0.1, 0.15) is 12.6 Å². The second-order valence-electron chi connectivity index (χ2n) is 8.03. The van der Waals surface area contributed by atoms with Crippen LogP contribution in [0.3, 0.4) is 0 Å². The van der Waals surface area contributed by atoms with E-state index in [0.29, 0.717) is 0 Å². The van der Waals surface area contributed by atoms with Gasteiger partial charge in [-0.05, 0) is 22.3 Å². The predicted octanol–water partition coefficient (Wildman–Crippen LogP) is 3.45. The number of carbonyl (C=O) groups is 3. The molecule has 0 aromatic heterocycles. The van der Waals surface area contributed by atoms with Crippen molar-refractivity contribution >= 4 is 18.0 Å². The van der Waals surface area contributed by atoms with Crippen molar-refractivity contribution in [3.05, 3.63) is 59.7 Å². The van der Waals surface area contributed by atoms with E-state index >= 15 is 0 Å². The first-order valence-electron chi connectivity index (χ1n) is 10.8. The highest BCUT2D eigenvalue weighted by atomic mass is 19.4. The number of alkyl carbamates (subject to hydrolysis) is 1. The first-order valence-corrected chi connectivity index (χ1v) is 10.8. The second kappa shape index (κ2) is 11.2. The molecule has 0 radical (unpaired) electrons. The quantitative estimate of drug-likeness (QED) is 0.466. The molecule has 2 aromatic carbocycles. The Morgan fingerprint density at radius 2 is 1.57 bits per heavy atom. The van der Waals surface area contributed by atoms with E-state index in [1.807, 2.05) is 48.5 Å². The molecule has 2 aromatic rings. The van der Waals surface area contributed by atoms with Crippen LogP contribution in [0.5, 0.6) is 0 Å². The number of fused-ring (bicyclic) bond motifs is 3. The summed E-state index contributed by atoms with van der Waals surface area (Å²) in [6.07, 6.45) is -8.46. The first kappa shape index (κ1) is 26.0. The fourth-order valence-corrected chi connectivity index (χ4v) is 3.97. The molecule has 1 aliphatic carbocycles. The average molecular weight is 494 g/mol. The van der Waals surface area contributed by atoms with Crippen molar-refractivity contribution < 1.29 is 42.1 Å². The number of ether oxygens (including phenoxy) is 2. The number of halogens is 3. The summed E-state index contributed by atoms with van der Waals surface area (Å²) >= 11 is 0. The van der Waals surface area contributed by atoms with Crippen molar-refractivity contribution in [1.29, 1.82) is 0 Å². The fraction of sp³-hybridized carbons (Fsp3) is 0.375. The van der Waals surface area contributed by atoms with Gasteiger partial charge in [-0.15, -0.1) is 0 Å². The topological polar surface area (TPSA) is 114 Å². The highest BCUT2D eigenvalue weighted by Crippen LogP contribution is 2.44. The zero-order valence-electron chi connectivity index (χ0n) is 18.8. The normalized spacial score (nSPS) is 14.4. The number of alkyl halides is 3. The Hall–Kier alpha value is -3.60. The maximum absolute atomic E-state index is 12.9. The number of rotatable bonds is 10. The minimum atomic E-state index is -4.92. The summed E-state index contributed by atoms with van der Waals surface area (Å²) in [7, 11) is 1.23. The number of carboxylic acids is 1. The molecule has 0 fully saturated rings. The van der Waals surface area contributed by atoms with Gasteiger partial charge in [-0.25, -0.2) is 4.79 Å². The van der Waals surface area contributed by atoms with Gasteiger partial charge in [-0.1, -0.05) is 48.5 Å². The number of carbonyl (C=O) groups excluding carboxylic acids is 2. The monoisotopic (exact) mass is 494 g/mol. The molecule has 8 nitrogen and oxygen atoms in total. The zero-order valence-corrected chi connectivity index (χ0v) is 18.8. The van der Waals surface area contributed by atoms with Crippen molar-refractivity contribution in [3.63, 3.8) is 0 Å². The van der Waals surface area contributed by atoms with Crippen LogP contribution in [0.15, 0.2) is 48.5 Å². The second-order valence-corrected chi connectivity index (χ2v) is 8.03. The van der Waals surface area contributed by atoms with Crippen LogP contribution in [0.1, 0.15) is 29.9 Å². The largest absolute Gasteiger partial charge is 0.481 e. The number of nitrogens with one attached hydrogen (secondary N) is 2. The van der Waals surface area contributed by atoms with Crippen LogP contribution >= 0.6 is 0 Å². The van der Waals surface area contributed by atoms with Gasteiger partial charge in [0, 0.05) is 19.6 Å². The van der Waals surface area contributed by atoms with Gasteiger partial charge in [0.2, 0.25) is 5.91 Å². The minimum absolute atomic E-state index is 0.0699. The molecule has 0 aliphatic heterocycles. The molecule has 1 aliphatic rings. The number of hydrogen-bond acceptors (Lipinski definition) is 5. The Bertz CT molecular complexity index is 1030. The van der Waals surface area contributed by atoms with Crippen LogP contribution in [0, 0.1) is 0 Å². The third-order valence-electron chi connectivity index (χ3n) is 5.67. The lowest BCUT2D eigenvalue weighted by atomic mass is 9.98. The molecule has 0 bridgehead atoms. The number of benzene rings is 2. The molecule has 3 rings (SSSR count). The standard InChI is InChI=1S/C24H25F3N2O6/c1-34-14(10-21(30)29-20(11-22(31)32)24(25,26)27)12-28-23(33)35-13-19-17-8-4-2-6-15(17)16-7-3-5-9-18(16)19/h2-9,14,19-20H,10-13H2,1H3,(H,28,33)(H,29,30)(H,31,32). The Kier molecular flexibility index (Phi) is 8.34. The molecular weight excluding hydrogens is 469 g/mol. The van der Waals surface area contributed by atoms with Gasteiger partial charge >= 0.3 is 18.2 Å². The lowest BCUT2D eigenvalue weighted by molar-refractivity contribution is -0.170. The number of methoxy groups -OCH3 is 1. The molecule has 35 heavy (non-hydrogen) atoms. The van der Waals surface area contributed by atoms with Crippen molar-refractivity contribution in [1.82, 2.24) is 10.6 Å². The molecule has 3 N–H and O–H groups in total. The average Bonchev–Trinajstić information content (AvgIpc) is 3.13. The summed E-state index contributed by atoms with van der Waals surface area (Å²) < 4.78 is 49.2. The molecule has 0 saturated carbocycles. The van der Waals surface area contributed by atoms with Gasteiger partial charge in [-0.3, -0.25) is 9.59 Å². The van der Waals surface area contributed by atoms with Gasteiger partial charge in [0.25, 0.3) is 0 Å². The van der Waals surface area contributed by atoms with Crippen LogP contribution < -0.4 is 10.6 Å². The maximum Gasteiger partial charge on any atom is 0.409 e. The molecule has 2 amide bonds. The highest BCUT2D eigenvalue weighted by molar-refractivity contribution is 5.79. The maximum atomic E-state index is 12.9. The van der Waals surface area contributed by atoms with Gasteiger partial charge in [-0.2, -0.15) is 13.2 Å². The summed E-state index contributed by atoms with van der Waals surface area (Å²) in [6, 6.07) is 13.1. The SMILES string of the molecule is COC(CNC(=O)OCC1c2ccccc2-c2ccccc21)CC(=O)NC(CC(=O)O)C(F)(F)F. The molecule has 0 spiro atoms. The molecule has 0 heterocycles. The summed E-state index contributed by atoms with van der Waals surface area (Å²) in [5.74, 6) is -2.91. The van der Waals surface area contributed by atoms with Crippen LogP contribution in [-0.4, -0.2) is 61.7 Å². The Morgan fingerprint density at radius 1 is 1.00 bits per heavy atom. The third kappa shape index (κ3) is 6.72. The highest BCUT2D eigenvalue weighted by Gasteiger charge is 2.42. The van der Waals surface area contributed by atoms with Crippen LogP contribution in [-0.2, 0) is 19.1 Å². The summed E-state index contributed by atoms with van der Waals surface area (Å²) in [6.45, 7) is -0.128. The van der Waals surface area contributed by atoms with Crippen molar-refractivity contribution in [2.45, 2.75) is 37.1 Å². The third-order valence-corrected chi connectivity index (χ3v) is 5.67. The van der Waals surface area contributed by atoms with Crippen LogP contribution in [0.2, 0.25) is 0 Å². The Balaban J connectivity index is 1.51. The molecule has 2 atom stereocenters. The van der Waals surface area contributed by atoms with Crippen LogP contribution in [0.25, 0.3) is 11.1 Å². The summed E-state index contributed by atoms with van der Waals surface area (Å²) in [5.41, 5.74) is 4.22. The van der Waals surface area contributed by atoms with Crippen molar-refractivity contribution in [2.75, 3.05) is 20.3 Å². The zero-order chi connectivity index (χ0) is 25.6. The molecule has 2 unspecified atom stereocenters. The lowest BCUT2D eigenvalue weighted by Gasteiger charge is -2.22. The smallest absolute Gasteiger partial charge is 0.409 e. The van der Waals surface area contributed by atoms with Crippen molar-refractivity contribution in [3.8, 4) is 11.1 Å². The van der Waals surface area contributed by atoms with E-state index in [-0.39, 0.29) is 19.1 Å². The Morgan fingerprint density at radius 3 is 2.09 bits per heavy atom. The van der Waals surface area contributed by atoms with Gasteiger partial charge in [0.05, 0.1) is 18.9 Å². The van der Waals surface area contributed by atoms with Gasteiger partial charge in [0.15, 0.2) is 0 Å². The number of hydrogen-bond donors (Lipinski definition) is 3. The molecule has 0 saturated heterocycles. The molecular formula is C24H25F3N2O6. The summed E-state index contributed by atoms with van der Waals surface area (Å²) in [4.78, 5) is 34.9. The summed E-state index contributed by atoms with van der Waals surface area (Å²) in [5, 5.41) is 12.7. The Labute approximate surface area is 199 Å². The molecule has 11 heteroatoms. The lowest BCUT2D eigenvalue weighted by Crippen LogP contribution is -2.48. The van der Waals surface area contributed by atoms with Crippen molar-refractivity contribution in [2.24, 2.45) is 0 Å². The fourth-order valence-electron chi connectivity index (χ4n) is 3.97. The van der Waals surface area contributed by atoms with E-state index in [0.717, 1.165) is 22.3 Å². The predicted molar refractivity (Wildman–Crippen MR) is 119 cm³/mol. The number of carboxylic acid groups (broad SMARTS) is 1. The number of aliphatic carboxylic acids is 1. The van der Waals surface area contributed by atoms with E-state index in [1.54, 1.807) is 5.32 Å². The van der Waals surface area contributed by atoms with E-state index in [9.17, 15) is 27.6 Å².